The molecule has 0 aliphatic rings. The van der Waals surface area contributed by atoms with Crippen LogP contribution in [0.15, 0.2) is 30.3 Å². The van der Waals surface area contributed by atoms with Crippen LogP contribution in [0.3, 0.4) is 0 Å². The summed E-state index contributed by atoms with van der Waals surface area (Å²) < 4.78 is 0. The SMILES string of the molecule is CC(C)(O[O-])c1ccccc1.CC(C)C[O-].CC(C)C[O-].[Al+3]. The van der Waals surface area contributed by atoms with Gasteiger partial charge >= 0.3 is 17.4 Å². The average Bonchev–Trinajstić information content (AvgIpc) is 2.49. The van der Waals surface area contributed by atoms with Gasteiger partial charge in [0.15, 0.2) is 0 Å². The first kappa shape index (κ1) is 26.5. The summed E-state index contributed by atoms with van der Waals surface area (Å²) in [6.07, 6.45) is 0. The Hall–Kier alpha value is -0.408. The van der Waals surface area contributed by atoms with Gasteiger partial charge in [0.25, 0.3) is 0 Å². The Morgan fingerprint density at radius 2 is 1.23 bits per heavy atom. The fourth-order valence-corrected chi connectivity index (χ4v) is 0.888. The smallest absolute Gasteiger partial charge is 0.854 e. The molecule has 1 aromatic carbocycles. The molecule has 0 unspecified atom stereocenters. The van der Waals surface area contributed by atoms with Gasteiger partial charge in [-0.2, -0.15) is 0 Å². The van der Waals surface area contributed by atoms with Gasteiger partial charge in [-0.3, -0.25) is 0 Å². The molecule has 0 spiro atoms. The Kier molecular flexibility index (Phi) is 18.6. The molecular weight excluding hydrogens is 295 g/mol. The molecule has 0 saturated heterocycles. The third kappa shape index (κ3) is 16.0. The first-order valence-corrected chi connectivity index (χ1v) is 7.23. The van der Waals surface area contributed by atoms with Gasteiger partial charge in [0, 0.05) is 0 Å². The average molecular weight is 324 g/mol. The van der Waals surface area contributed by atoms with Crippen molar-refractivity contribution in [2.75, 3.05) is 13.2 Å². The summed E-state index contributed by atoms with van der Waals surface area (Å²) in [6, 6.07) is 9.42. The van der Waals surface area contributed by atoms with Crippen LogP contribution in [-0.2, 0) is 10.5 Å². The van der Waals surface area contributed by atoms with E-state index in [4.69, 9.17) is 0 Å². The number of hydrogen-bond acceptors (Lipinski definition) is 4. The second kappa shape index (κ2) is 15.5. The zero-order chi connectivity index (χ0) is 16.9. The second-order valence-corrected chi connectivity index (χ2v) is 6.08. The van der Waals surface area contributed by atoms with Crippen molar-refractivity contribution < 1.29 is 20.4 Å². The van der Waals surface area contributed by atoms with Crippen molar-refractivity contribution in [1.29, 1.82) is 0 Å². The first-order chi connectivity index (χ1) is 9.71. The van der Waals surface area contributed by atoms with Gasteiger partial charge < -0.3 is 20.4 Å². The van der Waals surface area contributed by atoms with Crippen LogP contribution in [0.1, 0.15) is 47.1 Å². The van der Waals surface area contributed by atoms with Crippen LogP contribution in [-0.4, -0.2) is 30.6 Å². The van der Waals surface area contributed by atoms with Crippen LogP contribution in [0.25, 0.3) is 0 Å². The Balaban J connectivity index is -0.000000279. The zero-order valence-corrected chi connectivity index (χ0v) is 15.8. The Labute approximate surface area is 146 Å². The zero-order valence-electron chi connectivity index (χ0n) is 14.7. The number of benzene rings is 1. The van der Waals surface area contributed by atoms with Crippen molar-refractivity contribution in [3.05, 3.63) is 35.9 Å². The maximum absolute atomic E-state index is 10.3. The molecule has 0 saturated carbocycles. The molecule has 0 radical (unpaired) electrons. The molecule has 4 nitrogen and oxygen atoms in total. The number of hydrogen-bond donors (Lipinski definition) is 0. The van der Waals surface area contributed by atoms with Crippen LogP contribution in [0, 0.1) is 11.8 Å². The molecule has 0 fully saturated rings. The molecule has 0 amide bonds. The molecule has 5 heteroatoms. The molecule has 1 aromatic rings. The molecule has 0 bridgehead atoms. The minimum atomic E-state index is -0.721. The van der Waals surface area contributed by atoms with E-state index in [2.05, 4.69) is 4.89 Å². The molecule has 0 aliphatic carbocycles. The molecular formula is C17H29AlO4. The van der Waals surface area contributed by atoms with Gasteiger partial charge in [-0.1, -0.05) is 69.9 Å². The Morgan fingerprint density at radius 1 is 0.909 bits per heavy atom. The number of rotatable bonds is 4. The van der Waals surface area contributed by atoms with E-state index in [0.717, 1.165) is 5.56 Å². The predicted molar refractivity (Wildman–Crippen MR) is 85.7 cm³/mol. The van der Waals surface area contributed by atoms with E-state index in [-0.39, 0.29) is 30.6 Å². The second-order valence-electron chi connectivity index (χ2n) is 6.08. The third-order valence-corrected chi connectivity index (χ3v) is 2.34. The Bertz CT molecular complexity index is 319. The molecule has 0 atom stereocenters. The summed E-state index contributed by atoms with van der Waals surface area (Å²) in [5.74, 6) is 0.657. The maximum Gasteiger partial charge on any atom is 3.00 e. The third-order valence-electron chi connectivity index (χ3n) is 2.34. The normalized spacial score (nSPS) is 10.1. The van der Waals surface area contributed by atoms with Gasteiger partial charge in [0.2, 0.25) is 0 Å². The predicted octanol–water partition coefficient (Wildman–Crippen LogP) is 0.838. The van der Waals surface area contributed by atoms with E-state index >= 15 is 0 Å². The molecule has 1 rings (SSSR count). The van der Waals surface area contributed by atoms with Gasteiger partial charge in [-0.15, -0.1) is 13.2 Å². The van der Waals surface area contributed by atoms with Gasteiger partial charge in [-0.05, 0) is 19.4 Å². The van der Waals surface area contributed by atoms with E-state index in [0.29, 0.717) is 11.8 Å². The molecule has 124 valence electrons. The van der Waals surface area contributed by atoms with Crippen LogP contribution >= 0.6 is 0 Å². The van der Waals surface area contributed by atoms with Gasteiger partial charge in [0.1, 0.15) is 0 Å². The topological polar surface area (TPSA) is 78.4 Å². The largest absolute Gasteiger partial charge is 3.00 e. The first-order valence-electron chi connectivity index (χ1n) is 7.23. The van der Waals surface area contributed by atoms with E-state index in [9.17, 15) is 15.5 Å². The quantitative estimate of drug-likeness (QED) is 0.467. The molecule has 0 aromatic heterocycles. The summed E-state index contributed by atoms with van der Waals surface area (Å²) in [5.41, 5.74) is 0.177. The summed E-state index contributed by atoms with van der Waals surface area (Å²) >= 11 is 0. The monoisotopic (exact) mass is 324 g/mol. The summed E-state index contributed by atoms with van der Waals surface area (Å²) in [5, 5.41) is 29.5. The maximum atomic E-state index is 10.3. The van der Waals surface area contributed by atoms with Crippen molar-refractivity contribution in [1.82, 2.24) is 0 Å². The van der Waals surface area contributed by atoms with E-state index < -0.39 is 5.60 Å². The minimum Gasteiger partial charge on any atom is -0.854 e. The fourth-order valence-electron chi connectivity index (χ4n) is 0.888. The van der Waals surface area contributed by atoms with Crippen LogP contribution in [0.5, 0.6) is 0 Å². The van der Waals surface area contributed by atoms with E-state index in [1.807, 2.05) is 58.0 Å². The van der Waals surface area contributed by atoms with Crippen molar-refractivity contribution in [2.45, 2.75) is 47.1 Å². The molecule has 0 aliphatic heterocycles. The van der Waals surface area contributed by atoms with Gasteiger partial charge in [0.05, 0.1) is 5.60 Å². The molecule has 22 heavy (non-hydrogen) atoms. The Morgan fingerprint density at radius 3 is 1.45 bits per heavy atom. The summed E-state index contributed by atoms with van der Waals surface area (Å²) in [4.78, 5) is 4.07. The summed E-state index contributed by atoms with van der Waals surface area (Å²) in [6.45, 7) is 11.2. The summed E-state index contributed by atoms with van der Waals surface area (Å²) in [7, 11) is 0. The van der Waals surface area contributed by atoms with Crippen LogP contribution in [0.4, 0.5) is 0 Å². The van der Waals surface area contributed by atoms with E-state index in [1.54, 1.807) is 13.8 Å². The van der Waals surface area contributed by atoms with Gasteiger partial charge in [-0.25, -0.2) is 0 Å². The molecule has 0 heterocycles. The van der Waals surface area contributed by atoms with E-state index in [1.165, 1.54) is 0 Å². The standard InChI is InChI=1S/C9H12O2.2C4H9O.Al/c1-9(2,11-10)8-6-4-3-5-7-8;2*1-4(2)3-5;/h3-7,10H,1-2H3;2*4H,3H2,1-2H3;/q;2*-1;+3/p-1. The van der Waals surface area contributed by atoms with Crippen molar-refractivity contribution in [2.24, 2.45) is 11.8 Å². The van der Waals surface area contributed by atoms with Crippen LogP contribution in [0.2, 0.25) is 0 Å². The van der Waals surface area contributed by atoms with Crippen molar-refractivity contribution in [3.8, 4) is 0 Å². The minimum absolute atomic E-state index is 0. The van der Waals surface area contributed by atoms with Crippen LogP contribution < -0.4 is 15.5 Å². The fraction of sp³-hybridized carbons (Fsp3) is 0.647. The van der Waals surface area contributed by atoms with Crippen molar-refractivity contribution >= 4 is 17.4 Å². The van der Waals surface area contributed by atoms with Crippen molar-refractivity contribution in [3.63, 3.8) is 0 Å². The molecule has 0 N–H and O–H groups in total.